The van der Waals surface area contributed by atoms with Gasteiger partial charge in [0, 0.05) is 27.7 Å². The van der Waals surface area contributed by atoms with Gasteiger partial charge in [-0.1, -0.05) is 6.58 Å². The SMILES string of the molecule is C=C=CCOC1OC(COC(C)=O)C(OC(C)=O)C(OC(C)=O)C1OC(C)=O. The van der Waals surface area contributed by atoms with Crippen molar-refractivity contribution in [3.8, 4) is 0 Å². The second-order valence-electron chi connectivity index (χ2n) is 5.81. The normalized spacial score (nSPS) is 26.4. The molecular weight excluding hydrogens is 376 g/mol. The summed E-state index contributed by atoms with van der Waals surface area (Å²) in [6, 6.07) is 0. The standard InChI is InChI=1S/C18H24O10/c1-6-7-8-23-18-17(27-13(5)22)16(26-12(4)21)15(25-11(3)20)14(28-18)9-24-10(2)19/h7,14-18H,1,8-9H2,2-5H3. The third kappa shape index (κ3) is 7.51. The third-order valence-corrected chi connectivity index (χ3v) is 3.44. The van der Waals surface area contributed by atoms with Gasteiger partial charge in [-0.2, -0.15) is 0 Å². The van der Waals surface area contributed by atoms with Gasteiger partial charge in [0.1, 0.15) is 12.7 Å². The number of carbonyl (C=O) groups excluding carboxylic acids is 4. The quantitative estimate of drug-likeness (QED) is 0.322. The molecule has 1 rings (SSSR count). The van der Waals surface area contributed by atoms with Crippen LogP contribution in [0.2, 0.25) is 0 Å². The predicted octanol–water partition coefficient (Wildman–Crippen LogP) is 0.427. The van der Waals surface area contributed by atoms with Gasteiger partial charge < -0.3 is 28.4 Å². The highest BCUT2D eigenvalue weighted by atomic mass is 16.7. The van der Waals surface area contributed by atoms with Crippen LogP contribution in [0, 0.1) is 0 Å². The van der Waals surface area contributed by atoms with Crippen molar-refractivity contribution in [2.75, 3.05) is 13.2 Å². The molecule has 5 unspecified atom stereocenters. The van der Waals surface area contributed by atoms with Gasteiger partial charge in [0.2, 0.25) is 0 Å². The van der Waals surface area contributed by atoms with Crippen LogP contribution in [0.15, 0.2) is 18.4 Å². The first-order chi connectivity index (χ1) is 13.1. The Hall–Kier alpha value is -2.68. The van der Waals surface area contributed by atoms with E-state index in [0.29, 0.717) is 0 Å². The molecule has 0 amide bonds. The maximum atomic E-state index is 11.6. The monoisotopic (exact) mass is 400 g/mol. The van der Waals surface area contributed by atoms with Crippen LogP contribution >= 0.6 is 0 Å². The van der Waals surface area contributed by atoms with Crippen LogP contribution in [0.25, 0.3) is 0 Å². The van der Waals surface area contributed by atoms with Crippen molar-refractivity contribution < 1.29 is 47.6 Å². The fourth-order valence-corrected chi connectivity index (χ4v) is 2.52. The number of esters is 4. The zero-order chi connectivity index (χ0) is 21.3. The van der Waals surface area contributed by atoms with Crippen LogP contribution in [0.1, 0.15) is 27.7 Å². The van der Waals surface area contributed by atoms with Crippen molar-refractivity contribution in [1.82, 2.24) is 0 Å². The molecule has 10 nitrogen and oxygen atoms in total. The largest absolute Gasteiger partial charge is 0.463 e. The van der Waals surface area contributed by atoms with Gasteiger partial charge in [-0.05, 0) is 6.08 Å². The lowest BCUT2D eigenvalue weighted by molar-refractivity contribution is -0.305. The molecule has 0 spiro atoms. The van der Waals surface area contributed by atoms with E-state index in [1.807, 2.05) is 0 Å². The minimum atomic E-state index is -1.25. The Balaban J connectivity index is 3.26. The summed E-state index contributed by atoms with van der Waals surface area (Å²) in [5.74, 6) is -2.70. The first kappa shape index (κ1) is 23.4. The maximum absolute atomic E-state index is 11.6. The van der Waals surface area contributed by atoms with Crippen molar-refractivity contribution in [2.24, 2.45) is 0 Å². The van der Waals surface area contributed by atoms with Crippen LogP contribution in [0.4, 0.5) is 0 Å². The minimum absolute atomic E-state index is 0.00274. The summed E-state index contributed by atoms with van der Waals surface area (Å²) < 4.78 is 31.9. The van der Waals surface area contributed by atoms with Crippen LogP contribution in [0.3, 0.4) is 0 Å². The first-order valence-electron chi connectivity index (χ1n) is 8.42. The highest BCUT2D eigenvalue weighted by Crippen LogP contribution is 2.29. The summed E-state index contributed by atoms with van der Waals surface area (Å²) in [7, 11) is 0. The second-order valence-corrected chi connectivity index (χ2v) is 5.81. The smallest absolute Gasteiger partial charge is 0.303 e. The first-order valence-corrected chi connectivity index (χ1v) is 8.42. The molecule has 0 aromatic heterocycles. The zero-order valence-electron chi connectivity index (χ0n) is 16.2. The molecule has 0 aromatic rings. The van der Waals surface area contributed by atoms with Gasteiger partial charge in [0.05, 0.1) is 6.61 Å². The molecule has 10 heteroatoms. The number of rotatable bonds is 8. The summed E-state index contributed by atoms with van der Waals surface area (Å²) in [5.41, 5.74) is 2.51. The lowest BCUT2D eigenvalue weighted by Gasteiger charge is -2.43. The Kier molecular flexibility index (Phi) is 9.37. The van der Waals surface area contributed by atoms with E-state index in [0.717, 1.165) is 20.8 Å². The molecule has 1 aliphatic rings. The van der Waals surface area contributed by atoms with E-state index in [4.69, 9.17) is 28.4 Å². The number of hydrogen-bond acceptors (Lipinski definition) is 10. The molecule has 0 aromatic carbocycles. The highest BCUT2D eigenvalue weighted by Gasteiger charge is 2.52. The molecule has 1 aliphatic heterocycles. The van der Waals surface area contributed by atoms with Crippen molar-refractivity contribution in [1.29, 1.82) is 0 Å². The van der Waals surface area contributed by atoms with Gasteiger partial charge in [-0.25, -0.2) is 0 Å². The minimum Gasteiger partial charge on any atom is -0.463 e. The zero-order valence-corrected chi connectivity index (χ0v) is 16.2. The average molecular weight is 400 g/mol. The van der Waals surface area contributed by atoms with Gasteiger partial charge in [-0.15, -0.1) is 5.73 Å². The van der Waals surface area contributed by atoms with E-state index in [9.17, 15) is 19.2 Å². The summed E-state index contributed by atoms with van der Waals surface area (Å²) in [6.07, 6.45) is -4.49. The summed E-state index contributed by atoms with van der Waals surface area (Å²) >= 11 is 0. The van der Waals surface area contributed by atoms with Crippen molar-refractivity contribution in [2.45, 2.75) is 58.4 Å². The fourth-order valence-electron chi connectivity index (χ4n) is 2.52. The molecule has 0 radical (unpaired) electrons. The van der Waals surface area contributed by atoms with E-state index < -0.39 is 54.6 Å². The Morgan fingerprint density at radius 1 is 0.893 bits per heavy atom. The van der Waals surface area contributed by atoms with Crippen LogP contribution in [0.5, 0.6) is 0 Å². The summed E-state index contributed by atoms with van der Waals surface area (Å²) in [4.78, 5) is 45.9. The third-order valence-electron chi connectivity index (χ3n) is 3.44. The highest BCUT2D eigenvalue weighted by molar-refractivity contribution is 5.68. The Bertz CT molecular complexity index is 604. The molecule has 156 valence electrons. The Labute approximate surface area is 162 Å². The van der Waals surface area contributed by atoms with Gasteiger partial charge in [0.15, 0.2) is 24.6 Å². The van der Waals surface area contributed by atoms with Crippen LogP contribution in [-0.4, -0.2) is 67.8 Å². The van der Waals surface area contributed by atoms with E-state index >= 15 is 0 Å². The number of ether oxygens (including phenoxy) is 6. The van der Waals surface area contributed by atoms with Crippen molar-refractivity contribution >= 4 is 23.9 Å². The number of carbonyl (C=O) groups is 4. The molecule has 0 N–H and O–H groups in total. The predicted molar refractivity (Wildman–Crippen MR) is 91.6 cm³/mol. The van der Waals surface area contributed by atoms with E-state index in [-0.39, 0.29) is 13.2 Å². The fraction of sp³-hybridized carbons (Fsp3) is 0.611. The van der Waals surface area contributed by atoms with E-state index in [1.165, 1.54) is 13.0 Å². The molecular formula is C18H24O10. The molecule has 1 heterocycles. The summed E-state index contributed by atoms with van der Waals surface area (Å²) in [5, 5.41) is 0. The maximum Gasteiger partial charge on any atom is 0.303 e. The second kappa shape index (κ2) is 11.2. The molecule has 5 atom stereocenters. The molecule has 0 aliphatic carbocycles. The number of hydrogen-bond donors (Lipinski definition) is 0. The van der Waals surface area contributed by atoms with Crippen LogP contribution < -0.4 is 0 Å². The molecule has 0 saturated carbocycles. The van der Waals surface area contributed by atoms with Gasteiger partial charge >= 0.3 is 23.9 Å². The molecule has 0 bridgehead atoms. The average Bonchev–Trinajstić information content (AvgIpc) is 2.57. The van der Waals surface area contributed by atoms with E-state index in [1.54, 1.807) is 0 Å². The molecule has 1 fully saturated rings. The topological polar surface area (TPSA) is 124 Å². The van der Waals surface area contributed by atoms with E-state index in [2.05, 4.69) is 12.3 Å². The van der Waals surface area contributed by atoms with Gasteiger partial charge in [-0.3, -0.25) is 19.2 Å². The molecule has 28 heavy (non-hydrogen) atoms. The lowest BCUT2D eigenvalue weighted by atomic mass is 9.98. The van der Waals surface area contributed by atoms with Crippen molar-refractivity contribution in [3.63, 3.8) is 0 Å². The van der Waals surface area contributed by atoms with Gasteiger partial charge in [0.25, 0.3) is 0 Å². The Morgan fingerprint density at radius 3 is 1.93 bits per heavy atom. The lowest BCUT2D eigenvalue weighted by Crippen LogP contribution is -2.62. The molecule has 1 saturated heterocycles. The van der Waals surface area contributed by atoms with Crippen molar-refractivity contribution in [3.05, 3.63) is 18.4 Å². The summed E-state index contributed by atoms with van der Waals surface area (Å²) in [6.45, 7) is 7.72. The Morgan fingerprint density at radius 2 is 1.43 bits per heavy atom. The van der Waals surface area contributed by atoms with Crippen LogP contribution in [-0.2, 0) is 47.6 Å².